The first kappa shape index (κ1) is 20.8. The standard InChI is InChI=1S/C24H33NO2Si/c1-19-16-17-24(19,25-20(2)26)18-27-28(23(3,4)5,21-12-8-6-9-13-21)22-14-10-7-11-15-22/h6-15,19H,16-18H2,1-5H3,(H,25,26)/t19-,24-/m0/s1. The largest absolute Gasteiger partial charge is 0.405 e. The molecule has 28 heavy (non-hydrogen) atoms. The van der Waals surface area contributed by atoms with E-state index in [1.54, 1.807) is 6.92 Å². The fourth-order valence-electron chi connectivity index (χ4n) is 4.57. The number of hydrogen-bond acceptors (Lipinski definition) is 2. The van der Waals surface area contributed by atoms with Crippen molar-refractivity contribution >= 4 is 24.6 Å². The second-order valence-corrected chi connectivity index (χ2v) is 13.5. The number of rotatable bonds is 6. The highest BCUT2D eigenvalue weighted by atomic mass is 28.4. The molecule has 2 aromatic carbocycles. The molecule has 0 aliphatic heterocycles. The number of hydrogen-bond donors (Lipinski definition) is 1. The minimum Gasteiger partial charge on any atom is -0.405 e. The third-order valence-electron chi connectivity index (χ3n) is 6.35. The molecule has 3 rings (SSSR count). The van der Waals surface area contributed by atoms with E-state index in [0.717, 1.165) is 12.8 Å². The second-order valence-electron chi connectivity index (χ2n) is 9.23. The van der Waals surface area contributed by atoms with Crippen LogP contribution < -0.4 is 15.7 Å². The number of carbonyl (C=O) groups excluding carboxylic acids is 1. The molecule has 0 saturated heterocycles. The summed E-state index contributed by atoms with van der Waals surface area (Å²) in [5.41, 5.74) is -0.251. The van der Waals surface area contributed by atoms with Gasteiger partial charge in [0.2, 0.25) is 5.91 Å². The number of amides is 1. The van der Waals surface area contributed by atoms with Crippen molar-refractivity contribution in [1.82, 2.24) is 5.32 Å². The average molecular weight is 396 g/mol. The Bertz CT molecular complexity index is 761. The quantitative estimate of drug-likeness (QED) is 0.754. The third kappa shape index (κ3) is 3.68. The van der Waals surface area contributed by atoms with Gasteiger partial charge in [0.1, 0.15) is 0 Å². The first-order valence-corrected chi connectivity index (χ1v) is 12.2. The predicted molar refractivity (Wildman–Crippen MR) is 119 cm³/mol. The van der Waals surface area contributed by atoms with Crippen LogP contribution in [0.3, 0.4) is 0 Å². The Hall–Kier alpha value is -1.91. The van der Waals surface area contributed by atoms with Crippen LogP contribution >= 0.6 is 0 Å². The summed E-state index contributed by atoms with van der Waals surface area (Å²) >= 11 is 0. The predicted octanol–water partition coefficient (Wildman–Crippen LogP) is 3.87. The van der Waals surface area contributed by atoms with E-state index in [1.165, 1.54) is 10.4 Å². The highest BCUT2D eigenvalue weighted by molar-refractivity contribution is 6.99. The van der Waals surface area contributed by atoms with Crippen LogP contribution in [0.1, 0.15) is 47.5 Å². The van der Waals surface area contributed by atoms with Crippen molar-refractivity contribution in [3.8, 4) is 0 Å². The Morgan fingerprint density at radius 3 is 1.89 bits per heavy atom. The zero-order valence-corrected chi connectivity index (χ0v) is 18.8. The van der Waals surface area contributed by atoms with Crippen LogP contribution in [-0.2, 0) is 9.22 Å². The first-order valence-electron chi connectivity index (χ1n) is 10.2. The highest BCUT2D eigenvalue weighted by Gasteiger charge is 2.53. The van der Waals surface area contributed by atoms with Gasteiger partial charge in [-0.25, -0.2) is 0 Å². The monoisotopic (exact) mass is 395 g/mol. The normalized spacial score (nSPS) is 22.4. The van der Waals surface area contributed by atoms with Crippen molar-refractivity contribution in [3.63, 3.8) is 0 Å². The lowest BCUT2D eigenvalue weighted by Crippen LogP contribution is -2.70. The van der Waals surface area contributed by atoms with E-state index in [0.29, 0.717) is 12.5 Å². The summed E-state index contributed by atoms with van der Waals surface area (Å²) in [5, 5.41) is 5.73. The van der Waals surface area contributed by atoms with Crippen molar-refractivity contribution in [2.45, 2.75) is 58.0 Å². The molecule has 4 heteroatoms. The molecule has 2 atom stereocenters. The van der Waals surface area contributed by atoms with Crippen LogP contribution in [0.15, 0.2) is 60.7 Å². The van der Waals surface area contributed by atoms with Crippen molar-refractivity contribution in [2.24, 2.45) is 5.92 Å². The maximum atomic E-state index is 11.9. The van der Waals surface area contributed by atoms with Gasteiger partial charge < -0.3 is 9.74 Å². The summed E-state index contributed by atoms with van der Waals surface area (Å²) in [6.07, 6.45) is 2.11. The molecule has 0 heterocycles. The molecule has 1 aliphatic rings. The van der Waals surface area contributed by atoms with Crippen LogP contribution in [0.25, 0.3) is 0 Å². The van der Waals surface area contributed by atoms with Crippen LogP contribution in [-0.4, -0.2) is 26.4 Å². The van der Waals surface area contributed by atoms with E-state index in [-0.39, 0.29) is 16.5 Å². The van der Waals surface area contributed by atoms with E-state index in [2.05, 4.69) is 93.7 Å². The lowest BCUT2D eigenvalue weighted by Gasteiger charge is -2.52. The highest BCUT2D eigenvalue weighted by Crippen LogP contribution is 2.42. The molecule has 150 valence electrons. The van der Waals surface area contributed by atoms with Crippen molar-refractivity contribution in [3.05, 3.63) is 60.7 Å². The zero-order valence-electron chi connectivity index (χ0n) is 17.8. The molecule has 0 bridgehead atoms. The van der Waals surface area contributed by atoms with Gasteiger partial charge in [-0.3, -0.25) is 4.79 Å². The Labute approximate surface area is 170 Å². The van der Waals surface area contributed by atoms with Crippen molar-refractivity contribution in [2.75, 3.05) is 6.61 Å². The van der Waals surface area contributed by atoms with Gasteiger partial charge in [-0.15, -0.1) is 0 Å². The molecule has 1 aliphatic carbocycles. The van der Waals surface area contributed by atoms with Gasteiger partial charge in [-0.2, -0.15) is 0 Å². The Morgan fingerprint density at radius 1 is 1.07 bits per heavy atom. The molecule has 2 aromatic rings. The average Bonchev–Trinajstić information content (AvgIpc) is 2.66. The molecule has 0 unspecified atom stereocenters. The van der Waals surface area contributed by atoms with Crippen LogP contribution in [0.2, 0.25) is 5.04 Å². The fraction of sp³-hybridized carbons (Fsp3) is 0.458. The lowest BCUT2D eigenvalue weighted by molar-refractivity contribution is -0.124. The fourth-order valence-corrected chi connectivity index (χ4v) is 9.20. The Morgan fingerprint density at radius 2 is 1.57 bits per heavy atom. The molecule has 1 N–H and O–H groups in total. The zero-order chi connectivity index (χ0) is 20.4. The third-order valence-corrected chi connectivity index (χ3v) is 11.3. The molecule has 3 nitrogen and oxygen atoms in total. The lowest BCUT2D eigenvalue weighted by atomic mass is 9.68. The van der Waals surface area contributed by atoms with Gasteiger partial charge in [0.25, 0.3) is 8.32 Å². The molecular formula is C24H33NO2Si. The van der Waals surface area contributed by atoms with Gasteiger partial charge in [-0.1, -0.05) is 88.4 Å². The van der Waals surface area contributed by atoms with Gasteiger partial charge in [0.15, 0.2) is 0 Å². The SMILES string of the molecule is CC(=O)N[C@]1(CO[Si](c2ccccc2)(c2ccccc2)C(C)(C)C)CC[C@@H]1C. The van der Waals surface area contributed by atoms with Gasteiger partial charge in [0.05, 0.1) is 12.1 Å². The second kappa shape index (κ2) is 7.84. The Kier molecular flexibility index (Phi) is 5.83. The number of carbonyl (C=O) groups is 1. The molecule has 0 radical (unpaired) electrons. The smallest absolute Gasteiger partial charge is 0.261 e. The topological polar surface area (TPSA) is 38.3 Å². The van der Waals surface area contributed by atoms with Crippen LogP contribution in [0, 0.1) is 5.92 Å². The summed E-state index contributed by atoms with van der Waals surface area (Å²) in [7, 11) is -2.57. The van der Waals surface area contributed by atoms with E-state index >= 15 is 0 Å². The molecule has 1 saturated carbocycles. The number of nitrogens with one attached hydrogen (secondary N) is 1. The van der Waals surface area contributed by atoms with E-state index in [9.17, 15) is 4.79 Å². The Balaban J connectivity index is 2.07. The van der Waals surface area contributed by atoms with Crippen LogP contribution in [0.4, 0.5) is 0 Å². The molecule has 1 amide bonds. The summed E-state index contributed by atoms with van der Waals surface area (Å²) in [6, 6.07) is 21.4. The van der Waals surface area contributed by atoms with Crippen LogP contribution in [0.5, 0.6) is 0 Å². The first-order chi connectivity index (χ1) is 13.2. The molecular weight excluding hydrogens is 362 g/mol. The summed E-state index contributed by atoms with van der Waals surface area (Å²) < 4.78 is 7.07. The van der Waals surface area contributed by atoms with E-state index < -0.39 is 8.32 Å². The molecule has 1 fully saturated rings. The summed E-state index contributed by atoms with van der Waals surface area (Å²) in [4.78, 5) is 11.9. The van der Waals surface area contributed by atoms with Gasteiger partial charge >= 0.3 is 0 Å². The number of benzene rings is 2. The van der Waals surface area contributed by atoms with Gasteiger partial charge in [0, 0.05) is 6.92 Å². The molecule has 0 spiro atoms. The summed E-state index contributed by atoms with van der Waals surface area (Å²) in [6.45, 7) is 11.2. The minimum atomic E-state index is -2.57. The van der Waals surface area contributed by atoms with Crippen molar-refractivity contribution in [1.29, 1.82) is 0 Å². The van der Waals surface area contributed by atoms with E-state index in [4.69, 9.17) is 4.43 Å². The van der Waals surface area contributed by atoms with E-state index in [1.807, 2.05) is 0 Å². The van der Waals surface area contributed by atoms with Crippen molar-refractivity contribution < 1.29 is 9.22 Å². The van der Waals surface area contributed by atoms with Gasteiger partial charge in [-0.05, 0) is 34.2 Å². The summed E-state index contributed by atoms with van der Waals surface area (Å²) in [5.74, 6) is 0.451. The maximum absolute atomic E-state index is 11.9. The maximum Gasteiger partial charge on any atom is 0.261 e. The minimum absolute atomic E-state index is 0.0256. The molecule has 0 aromatic heterocycles.